The molecule has 1 saturated heterocycles. The van der Waals surface area contributed by atoms with Crippen molar-refractivity contribution in [3.8, 4) is 0 Å². The van der Waals surface area contributed by atoms with Gasteiger partial charge in [-0.25, -0.2) is 0 Å². The van der Waals surface area contributed by atoms with E-state index in [9.17, 15) is 4.79 Å². The maximum atomic E-state index is 12.3. The third kappa shape index (κ3) is 2.04. The van der Waals surface area contributed by atoms with Crippen molar-refractivity contribution in [2.24, 2.45) is 5.92 Å². The molecule has 1 amide bonds. The van der Waals surface area contributed by atoms with Crippen LogP contribution in [0.5, 0.6) is 0 Å². The number of likely N-dealkylation sites (tertiary alicyclic amines) is 1. The Morgan fingerprint density at radius 2 is 2.00 bits per heavy atom. The molecule has 0 radical (unpaired) electrons. The number of rotatable bonds is 3. The second kappa shape index (κ2) is 4.78. The van der Waals surface area contributed by atoms with Gasteiger partial charge in [0.25, 0.3) is 0 Å². The molecule has 1 unspecified atom stereocenters. The van der Waals surface area contributed by atoms with Gasteiger partial charge in [0, 0.05) is 23.4 Å². The third-order valence-electron chi connectivity index (χ3n) is 4.57. The van der Waals surface area contributed by atoms with E-state index in [1.54, 1.807) is 0 Å². The molecule has 1 aliphatic heterocycles. The van der Waals surface area contributed by atoms with Crippen molar-refractivity contribution in [3.05, 3.63) is 47.0 Å². The zero-order valence-corrected chi connectivity index (χ0v) is 12.5. The highest BCUT2D eigenvalue weighted by molar-refractivity contribution is 9.10. The Morgan fingerprint density at radius 3 is 2.47 bits per heavy atom. The summed E-state index contributed by atoms with van der Waals surface area (Å²) in [6.45, 7) is 4.67. The van der Waals surface area contributed by atoms with Gasteiger partial charge < -0.3 is 4.90 Å². The van der Waals surface area contributed by atoms with Gasteiger partial charge in [-0.3, -0.25) is 4.79 Å². The lowest BCUT2D eigenvalue weighted by molar-refractivity contribution is -0.137. The first-order chi connectivity index (χ1) is 9.15. The number of carbonyl (C=O) groups is 1. The van der Waals surface area contributed by atoms with Gasteiger partial charge in [0.1, 0.15) is 0 Å². The Bertz CT molecular complexity index is 504. The van der Waals surface area contributed by atoms with Gasteiger partial charge >= 0.3 is 0 Å². The normalized spacial score (nSPS) is 25.2. The fraction of sp³-hybridized carbons (Fsp3) is 0.438. The average Bonchev–Trinajstić information content (AvgIpc) is 2.72. The van der Waals surface area contributed by atoms with Gasteiger partial charge in [0.15, 0.2) is 0 Å². The van der Waals surface area contributed by atoms with E-state index in [0.29, 0.717) is 12.3 Å². The summed E-state index contributed by atoms with van der Waals surface area (Å²) in [6.07, 6.45) is 5.93. The molecular formula is C16H18BrNO. The summed E-state index contributed by atoms with van der Waals surface area (Å²) < 4.78 is 1.09. The van der Waals surface area contributed by atoms with Gasteiger partial charge in [-0.2, -0.15) is 0 Å². The van der Waals surface area contributed by atoms with Crippen LogP contribution in [0.3, 0.4) is 0 Å². The maximum absolute atomic E-state index is 12.3. The van der Waals surface area contributed by atoms with Crippen molar-refractivity contribution in [1.29, 1.82) is 0 Å². The summed E-state index contributed by atoms with van der Waals surface area (Å²) in [7, 11) is 0. The van der Waals surface area contributed by atoms with Gasteiger partial charge in [0.05, 0.1) is 5.54 Å². The van der Waals surface area contributed by atoms with E-state index < -0.39 is 0 Å². The van der Waals surface area contributed by atoms with Crippen LogP contribution in [0.2, 0.25) is 0 Å². The van der Waals surface area contributed by atoms with E-state index in [1.165, 1.54) is 12.0 Å². The average molecular weight is 320 g/mol. The largest absolute Gasteiger partial charge is 0.332 e. The van der Waals surface area contributed by atoms with Crippen LogP contribution >= 0.6 is 15.9 Å². The van der Waals surface area contributed by atoms with Crippen molar-refractivity contribution in [1.82, 2.24) is 4.90 Å². The SMILES string of the molecule is C=CC1CC(=O)N(C2(c3ccc(Br)cc3)CCC2)C1. The van der Waals surface area contributed by atoms with Gasteiger partial charge in [-0.1, -0.05) is 34.1 Å². The number of halogens is 1. The van der Waals surface area contributed by atoms with E-state index in [2.05, 4.69) is 51.7 Å². The Kier molecular flexibility index (Phi) is 3.25. The molecule has 19 heavy (non-hydrogen) atoms. The number of hydrogen-bond acceptors (Lipinski definition) is 1. The first-order valence-electron chi connectivity index (χ1n) is 6.85. The van der Waals surface area contributed by atoms with Crippen molar-refractivity contribution < 1.29 is 4.79 Å². The Morgan fingerprint density at radius 1 is 1.32 bits per heavy atom. The van der Waals surface area contributed by atoms with Crippen LogP contribution in [-0.2, 0) is 10.3 Å². The number of amides is 1. The lowest BCUT2D eigenvalue weighted by atomic mass is 9.70. The minimum atomic E-state index is -0.0461. The zero-order chi connectivity index (χ0) is 13.5. The third-order valence-corrected chi connectivity index (χ3v) is 5.10. The van der Waals surface area contributed by atoms with Crippen LogP contribution in [0.15, 0.2) is 41.4 Å². The van der Waals surface area contributed by atoms with Crippen LogP contribution in [0.1, 0.15) is 31.2 Å². The highest BCUT2D eigenvalue weighted by atomic mass is 79.9. The fourth-order valence-corrected chi connectivity index (χ4v) is 3.56. The summed E-state index contributed by atoms with van der Waals surface area (Å²) in [4.78, 5) is 14.4. The molecule has 3 heteroatoms. The quantitative estimate of drug-likeness (QED) is 0.775. The maximum Gasteiger partial charge on any atom is 0.223 e. The van der Waals surface area contributed by atoms with E-state index in [1.807, 2.05) is 6.08 Å². The first kappa shape index (κ1) is 12.9. The zero-order valence-electron chi connectivity index (χ0n) is 10.9. The molecule has 1 aliphatic carbocycles. The highest BCUT2D eigenvalue weighted by Gasteiger charge is 2.48. The standard InChI is InChI=1S/C16H18BrNO/c1-2-12-10-15(19)18(11-12)16(8-3-9-16)13-4-6-14(17)7-5-13/h2,4-7,12H,1,3,8-11H2. The minimum absolute atomic E-state index is 0.0461. The number of benzene rings is 1. The molecular weight excluding hydrogens is 302 g/mol. The molecule has 3 rings (SSSR count). The summed E-state index contributed by atoms with van der Waals surface area (Å²) in [5.41, 5.74) is 1.23. The van der Waals surface area contributed by atoms with Crippen LogP contribution in [0, 0.1) is 5.92 Å². The van der Waals surface area contributed by atoms with Crippen molar-refractivity contribution in [3.63, 3.8) is 0 Å². The first-order valence-corrected chi connectivity index (χ1v) is 7.64. The van der Waals surface area contributed by atoms with E-state index in [-0.39, 0.29) is 11.4 Å². The number of nitrogens with zero attached hydrogens (tertiary/aromatic N) is 1. The molecule has 0 bridgehead atoms. The lowest BCUT2D eigenvalue weighted by Gasteiger charge is -2.49. The molecule has 100 valence electrons. The second-order valence-electron chi connectivity index (χ2n) is 5.60. The predicted octanol–water partition coefficient (Wildman–Crippen LogP) is 3.86. The summed E-state index contributed by atoms with van der Waals surface area (Å²) in [6, 6.07) is 8.44. The van der Waals surface area contributed by atoms with Crippen LogP contribution < -0.4 is 0 Å². The molecule has 0 N–H and O–H groups in total. The molecule has 2 aliphatic rings. The Labute approximate surface area is 122 Å². The topological polar surface area (TPSA) is 20.3 Å². The molecule has 2 fully saturated rings. The summed E-state index contributed by atoms with van der Waals surface area (Å²) in [5.74, 6) is 0.605. The molecule has 1 heterocycles. The smallest absolute Gasteiger partial charge is 0.223 e. The van der Waals surface area contributed by atoms with E-state index >= 15 is 0 Å². The molecule has 1 aromatic carbocycles. The molecule has 0 aromatic heterocycles. The fourth-order valence-electron chi connectivity index (χ4n) is 3.29. The van der Waals surface area contributed by atoms with Gasteiger partial charge in [-0.05, 0) is 37.0 Å². The molecule has 1 saturated carbocycles. The minimum Gasteiger partial charge on any atom is -0.332 e. The van der Waals surface area contributed by atoms with E-state index in [4.69, 9.17) is 0 Å². The van der Waals surface area contributed by atoms with Crippen molar-refractivity contribution in [2.45, 2.75) is 31.2 Å². The van der Waals surface area contributed by atoms with Crippen LogP contribution in [0.4, 0.5) is 0 Å². The molecule has 0 spiro atoms. The Balaban J connectivity index is 1.93. The number of hydrogen-bond donors (Lipinski definition) is 0. The number of carbonyl (C=O) groups excluding carboxylic acids is 1. The molecule has 2 nitrogen and oxygen atoms in total. The predicted molar refractivity (Wildman–Crippen MR) is 79.7 cm³/mol. The van der Waals surface area contributed by atoms with Crippen LogP contribution in [0.25, 0.3) is 0 Å². The monoisotopic (exact) mass is 319 g/mol. The van der Waals surface area contributed by atoms with Gasteiger partial charge in [0.2, 0.25) is 5.91 Å². The molecule has 1 aromatic rings. The Hall–Kier alpha value is -1.09. The lowest BCUT2D eigenvalue weighted by Crippen LogP contribution is -2.51. The van der Waals surface area contributed by atoms with Crippen molar-refractivity contribution in [2.75, 3.05) is 6.54 Å². The summed E-state index contributed by atoms with van der Waals surface area (Å²) >= 11 is 3.47. The van der Waals surface area contributed by atoms with Crippen molar-refractivity contribution >= 4 is 21.8 Å². The van der Waals surface area contributed by atoms with Gasteiger partial charge in [-0.15, -0.1) is 6.58 Å². The summed E-state index contributed by atoms with van der Waals surface area (Å²) in [5, 5.41) is 0. The highest BCUT2D eigenvalue weighted by Crippen LogP contribution is 2.49. The van der Waals surface area contributed by atoms with Crippen LogP contribution in [-0.4, -0.2) is 17.4 Å². The van der Waals surface area contributed by atoms with E-state index in [0.717, 1.165) is 23.9 Å². The second-order valence-corrected chi connectivity index (χ2v) is 6.51. The molecule has 1 atom stereocenters.